The number of carbonyl (C=O) groups excluding carboxylic acids is 1. The van der Waals surface area contributed by atoms with Crippen LogP contribution in [0.25, 0.3) is 0 Å². The lowest BCUT2D eigenvalue weighted by Crippen LogP contribution is -2.51. The van der Waals surface area contributed by atoms with Gasteiger partial charge in [-0.3, -0.25) is 0 Å². The Balaban J connectivity index is 0.00000368. The summed E-state index contributed by atoms with van der Waals surface area (Å²) in [6.07, 6.45) is 19.0. The number of hydrogen-bond acceptors (Lipinski definition) is 4. The van der Waals surface area contributed by atoms with Gasteiger partial charge in [0.2, 0.25) is 0 Å². The van der Waals surface area contributed by atoms with Gasteiger partial charge in [0.05, 0.1) is 0 Å². The Bertz CT molecular complexity index is 1000. The van der Waals surface area contributed by atoms with Gasteiger partial charge < -0.3 is 21.1 Å². The van der Waals surface area contributed by atoms with E-state index in [-0.39, 0.29) is 53.5 Å². The third kappa shape index (κ3) is 10.0. The Hall–Kier alpha value is -0.490. The van der Waals surface area contributed by atoms with Crippen LogP contribution in [0.4, 0.5) is 4.79 Å². The predicted molar refractivity (Wildman–Crippen MR) is 200 cm³/mol. The second kappa shape index (κ2) is 16.5. The van der Waals surface area contributed by atoms with Crippen molar-refractivity contribution in [3.8, 4) is 0 Å². The molecule has 0 unspecified atom stereocenters. The zero-order chi connectivity index (χ0) is 32.5. The molecule has 0 aliphatic heterocycles. The molecule has 4 aliphatic rings. The van der Waals surface area contributed by atoms with Crippen LogP contribution in [-0.4, -0.2) is 41.3 Å². The van der Waals surface area contributed by atoms with Crippen molar-refractivity contribution in [2.24, 2.45) is 57.8 Å². The van der Waals surface area contributed by atoms with Gasteiger partial charge in [-0.05, 0) is 138 Å². The van der Waals surface area contributed by atoms with E-state index in [0.29, 0.717) is 18.5 Å². The van der Waals surface area contributed by atoms with Gasteiger partial charge in [-0.2, -0.15) is 0 Å². The molecule has 1 amide bonds. The van der Waals surface area contributed by atoms with E-state index >= 15 is 0 Å². The summed E-state index contributed by atoms with van der Waals surface area (Å²) in [5.41, 5.74) is 14.4. The Morgan fingerprint density at radius 1 is 0.913 bits per heavy atom. The zero-order valence-corrected chi connectivity index (χ0v) is 32.8. The minimum absolute atomic E-state index is 0. The lowest BCUT2D eigenvalue weighted by atomic mass is 9.47. The number of carbonyl (C=O) groups is 1. The van der Waals surface area contributed by atoms with Crippen molar-refractivity contribution in [2.75, 3.05) is 13.1 Å². The first-order valence-corrected chi connectivity index (χ1v) is 18.7. The molecule has 0 aromatic rings. The first-order valence-electron chi connectivity index (χ1n) is 18.7. The zero-order valence-electron chi connectivity index (χ0n) is 31.2. The number of allylic oxidation sites excluding steroid dienone is 1. The third-order valence-electron chi connectivity index (χ3n) is 13.1. The lowest BCUT2D eigenvalue weighted by molar-refractivity contribution is -0.0594. The smallest absolute Gasteiger partial charge is 0.410 e. The van der Waals surface area contributed by atoms with E-state index in [2.05, 4.69) is 40.7 Å². The summed E-state index contributed by atoms with van der Waals surface area (Å²) in [4.78, 5) is 15.4. The number of amides is 1. The van der Waals surface area contributed by atoms with Crippen LogP contribution in [0.3, 0.4) is 0 Å². The number of nitrogens with zero attached hydrogens (tertiary/aromatic N) is 1. The van der Waals surface area contributed by atoms with Crippen LogP contribution in [-0.2, 0) is 4.74 Å². The van der Waals surface area contributed by atoms with Gasteiger partial charge in [-0.15, -0.1) is 24.8 Å². The van der Waals surface area contributed by atoms with E-state index in [1.165, 1.54) is 51.4 Å². The Kier molecular flexibility index (Phi) is 14.9. The molecule has 8 atom stereocenters. The number of fused-ring (bicyclic) bond motifs is 5. The van der Waals surface area contributed by atoms with Crippen LogP contribution >= 0.6 is 24.8 Å². The van der Waals surface area contributed by atoms with E-state index in [0.717, 1.165) is 74.0 Å². The van der Waals surface area contributed by atoms with Crippen molar-refractivity contribution in [3.63, 3.8) is 0 Å². The summed E-state index contributed by atoms with van der Waals surface area (Å²) in [6.45, 7) is 22.0. The maximum Gasteiger partial charge on any atom is 0.410 e. The predicted octanol–water partition coefficient (Wildman–Crippen LogP) is 10.3. The standard InChI is InChI=1S/C39H71N3O2.2ClH/c1-27(2)12-10-13-28(3)32-16-17-33-31-15-14-29-26-30(18-21-38(29,8)34(31)19-22-39(32,33)9)44-35(43)42(25-23-37(6,7)41)24-11-20-36(4,5)40;;/h14,27-28,30-34H,10-13,15-26,40-41H2,1-9H3;2*1H/t28-,30+,31+,32-,33+,34+,38+,39-;;/m1../s1. The fraction of sp³-hybridized carbons (Fsp3) is 0.923. The van der Waals surface area contributed by atoms with Crippen LogP contribution < -0.4 is 11.5 Å². The molecule has 0 aromatic carbocycles. The molecule has 3 saturated carbocycles. The molecule has 4 N–H and O–H groups in total. The molecular formula is C39H73Cl2N3O2. The van der Waals surface area contributed by atoms with Gasteiger partial charge >= 0.3 is 6.09 Å². The lowest BCUT2D eigenvalue weighted by Gasteiger charge is -2.58. The molecule has 0 radical (unpaired) electrons. The van der Waals surface area contributed by atoms with Gasteiger partial charge in [-0.25, -0.2) is 4.79 Å². The van der Waals surface area contributed by atoms with Crippen LogP contribution in [0.2, 0.25) is 0 Å². The van der Waals surface area contributed by atoms with Gasteiger partial charge in [0.15, 0.2) is 0 Å². The van der Waals surface area contributed by atoms with Crippen molar-refractivity contribution in [2.45, 2.75) is 169 Å². The first kappa shape index (κ1) is 41.7. The summed E-state index contributed by atoms with van der Waals surface area (Å²) in [5, 5.41) is 0. The normalized spacial score (nSPS) is 33.0. The van der Waals surface area contributed by atoms with Crippen molar-refractivity contribution in [1.29, 1.82) is 0 Å². The molecule has 7 heteroatoms. The molecule has 5 nitrogen and oxygen atoms in total. The molecule has 4 aliphatic carbocycles. The number of rotatable bonds is 13. The van der Waals surface area contributed by atoms with Crippen molar-refractivity contribution < 1.29 is 9.53 Å². The highest BCUT2D eigenvalue weighted by Crippen LogP contribution is 2.67. The molecule has 4 rings (SSSR count). The second-order valence-corrected chi connectivity index (χ2v) is 18.4. The summed E-state index contributed by atoms with van der Waals surface area (Å²) in [6, 6.07) is 0. The Morgan fingerprint density at radius 2 is 1.59 bits per heavy atom. The fourth-order valence-corrected chi connectivity index (χ4v) is 10.4. The highest BCUT2D eigenvalue weighted by molar-refractivity contribution is 5.85. The average Bonchev–Trinajstić information content (AvgIpc) is 3.26. The molecule has 0 saturated heterocycles. The molecule has 3 fully saturated rings. The minimum Gasteiger partial charge on any atom is -0.446 e. The monoisotopic (exact) mass is 686 g/mol. The van der Waals surface area contributed by atoms with Crippen LogP contribution in [0, 0.1) is 46.3 Å². The number of hydrogen-bond donors (Lipinski definition) is 2. The fourth-order valence-electron chi connectivity index (χ4n) is 10.4. The molecule has 46 heavy (non-hydrogen) atoms. The quantitative estimate of drug-likeness (QED) is 0.189. The van der Waals surface area contributed by atoms with Gasteiger partial charge in [-0.1, -0.05) is 65.5 Å². The van der Waals surface area contributed by atoms with Crippen LogP contribution in [0.5, 0.6) is 0 Å². The minimum atomic E-state index is -0.316. The highest BCUT2D eigenvalue weighted by Gasteiger charge is 2.59. The molecule has 270 valence electrons. The second-order valence-electron chi connectivity index (χ2n) is 18.4. The summed E-state index contributed by atoms with van der Waals surface area (Å²) in [7, 11) is 0. The maximum atomic E-state index is 13.5. The molecular weight excluding hydrogens is 613 g/mol. The van der Waals surface area contributed by atoms with Gasteiger partial charge in [0.25, 0.3) is 0 Å². The molecule has 0 heterocycles. The average molecular weight is 687 g/mol. The molecule has 0 spiro atoms. The van der Waals surface area contributed by atoms with Crippen molar-refractivity contribution in [3.05, 3.63) is 11.6 Å². The number of halogens is 2. The van der Waals surface area contributed by atoms with E-state index < -0.39 is 0 Å². The molecule has 0 bridgehead atoms. The largest absolute Gasteiger partial charge is 0.446 e. The SMILES string of the molecule is CC(C)CCC[C@@H](C)[C@H]1CC[C@H]2[C@@H]3CC=C4C[C@@H](OC(=O)N(CCCC(C)(C)N)CCC(C)(C)N)CC[C@]4(C)[C@H]3CC[C@]12C.Cl.Cl. The van der Waals surface area contributed by atoms with E-state index in [4.69, 9.17) is 16.2 Å². The highest BCUT2D eigenvalue weighted by atomic mass is 35.5. The van der Waals surface area contributed by atoms with Crippen molar-refractivity contribution in [1.82, 2.24) is 4.90 Å². The summed E-state index contributed by atoms with van der Waals surface area (Å²) >= 11 is 0. The first-order chi connectivity index (χ1) is 20.4. The van der Waals surface area contributed by atoms with E-state index in [9.17, 15) is 4.79 Å². The van der Waals surface area contributed by atoms with E-state index in [1.54, 1.807) is 5.57 Å². The number of nitrogens with two attached hydrogens (primary N) is 2. The van der Waals surface area contributed by atoms with Gasteiger partial charge in [0, 0.05) is 30.6 Å². The third-order valence-corrected chi connectivity index (χ3v) is 13.1. The van der Waals surface area contributed by atoms with Gasteiger partial charge in [0.1, 0.15) is 6.10 Å². The topological polar surface area (TPSA) is 81.6 Å². The summed E-state index contributed by atoms with van der Waals surface area (Å²) < 4.78 is 6.28. The van der Waals surface area contributed by atoms with E-state index in [1.807, 2.05) is 32.6 Å². The maximum absolute atomic E-state index is 13.5. The van der Waals surface area contributed by atoms with Crippen molar-refractivity contribution >= 4 is 30.9 Å². The molecule has 0 aromatic heterocycles. The Labute approximate surface area is 296 Å². The Morgan fingerprint density at radius 3 is 2.22 bits per heavy atom. The number of ether oxygens (including phenoxy) is 1. The van der Waals surface area contributed by atoms with Crippen LogP contribution in [0.1, 0.15) is 152 Å². The summed E-state index contributed by atoms with van der Waals surface area (Å²) in [5.74, 6) is 5.07. The van der Waals surface area contributed by atoms with Crippen LogP contribution in [0.15, 0.2) is 11.6 Å².